The lowest BCUT2D eigenvalue weighted by Crippen LogP contribution is -2.54. The summed E-state index contributed by atoms with van der Waals surface area (Å²) in [6.07, 6.45) is 1.45. The number of amides is 4. The number of methoxy groups -OCH3 is 1. The third-order valence-corrected chi connectivity index (χ3v) is 3.79. The molecule has 0 radical (unpaired) electrons. The third-order valence-electron chi connectivity index (χ3n) is 3.79. The summed E-state index contributed by atoms with van der Waals surface area (Å²) in [7, 11) is 1.55. The van der Waals surface area contributed by atoms with E-state index in [0.717, 1.165) is 10.5 Å². The number of imide groups is 2. The molecular weight excluding hydrogens is 320 g/mol. The van der Waals surface area contributed by atoms with Crippen LogP contribution in [0.5, 0.6) is 5.75 Å². The van der Waals surface area contributed by atoms with Crippen LogP contribution in [0.2, 0.25) is 0 Å². The van der Waals surface area contributed by atoms with Crippen molar-refractivity contribution < 1.29 is 19.1 Å². The van der Waals surface area contributed by atoms with Crippen LogP contribution in [0.1, 0.15) is 11.1 Å². The van der Waals surface area contributed by atoms with Crippen molar-refractivity contribution in [1.29, 1.82) is 0 Å². The maximum Gasteiger partial charge on any atom is 0.335 e. The van der Waals surface area contributed by atoms with E-state index >= 15 is 0 Å². The van der Waals surface area contributed by atoms with Gasteiger partial charge in [-0.2, -0.15) is 0 Å². The topological polar surface area (TPSA) is 75.7 Å². The number of carbonyl (C=O) groups is 3. The van der Waals surface area contributed by atoms with Gasteiger partial charge >= 0.3 is 6.03 Å². The predicted molar refractivity (Wildman–Crippen MR) is 93.2 cm³/mol. The Hall–Kier alpha value is -3.41. The summed E-state index contributed by atoms with van der Waals surface area (Å²) in [5.74, 6) is -0.706. The molecule has 1 aliphatic rings. The van der Waals surface area contributed by atoms with Crippen LogP contribution in [-0.2, 0) is 9.59 Å². The van der Waals surface area contributed by atoms with Crippen molar-refractivity contribution in [2.75, 3.05) is 12.0 Å². The Morgan fingerprint density at radius 1 is 1.04 bits per heavy atom. The van der Waals surface area contributed by atoms with Gasteiger partial charge in [-0.3, -0.25) is 14.9 Å². The molecule has 4 amide bonds. The number of hydrogen-bond acceptors (Lipinski definition) is 4. The molecular formula is C19H16N2O4. The summed E-state index contributed by atoms with van der Waals surface area (Å²) in [6.45, 7) is 1.86. The van der Waals surface area contributed by atoms with Gasteiger partial charge in [0, 0.05) is 0 Å². The summed E-state index contributed by atoms with van der Waals surface area (Å²) < 4.78 is 5.08. The number of carbonyl (C=O) groups excluding carboxylic acids is 3. The normalized spacial score (nSPS) is 16.2. The molecule has 2 aromatic rings. The number of rotatable bonds is 3. The van der Waals surface area contributed by atoms with Gasteiger partial charge in [-0.15, -0.1) is 0 Å². The van der Waals surface area contributed by atoms with Crippen LogP contribution in [0.25, 0.3) is 6.08 Å². The molecule has 6 heteroatoms. The number of nitrogens with one attached hydrogen (secondary N) is 1. The van der Waals surface area contributed by atoms with Crippen LogP contribution in [0.4, 0.5) is 10.5 Å². The quantitative estimate of drug-likeness (QED) is 0.691. The van der Waals surface area contributed by atoms with Crippen LogP contribution in [0, 0.1) is 6.92 Å². The summed E-state index contributed by atoms with van der Waals surface area (Å²) in [6, 6.07) is 13.1. The first-order chi connectivity index (χ1) is 12.0. The highest BCUT2D eigenvalue weighted by Crippen LogP contribution is 2.23. The number of anilines is 1. The zero-order valence-corrected chi connectivity index (χ0v) is 13.8. The second kappa shape index (κ2) is 6.60. The molecule has 1 N–H and O–H groups in total. The summed E-state index contributed by atoms with van der Waals surface area (Å²) >= 11 is 0. The SMILES string of the molecule is COc1ccc(/C=C2\C(=O)NC(=O)N(c3cccc(C)c3)C2=O)cc1. The molecule has 1 fully saturated rings. The van der Waals surface area contributed by atoms with Crippen LogP contribution in [0.15, 0.2) is 54.1 Å². The zero-order chi connectivity index (χ0) is 18.0. The molecule has 3 rings (SSSR count). The Balaban J connectivity index is 1.98. The Labute approximate surface area is 144 Å². The molecule has 1 heterocycles. The number of barbiturate groups is 1. The van der Waals surface area contributed by atoms with Gasteiger partial charge < -0.3 is 4.74 Å². The molecule has 2 aromatic carbocycles. The Kier molecular flexibility index (Phi) is 4.35. The van der Waals surface area contributed by atoms with Gasteiger partial charge in [0.05, 0.1) is 12.8 Å². The van der Waals surface area contributed by atoms with E-state index in [2.05, 4.69) is 5.32 Å². The van der Waals surface area contributed by atoms with Crippen molar-refractivity contribution in [3.63, 3.8) is 0 Å². The first-order valence-electron chi connectivity index (χ1n) is 7.62. The van der Waals surface area contributed by atoms with E-state index in [9.17, 15) is 14.4 Å². The van der Waals surface area contributed by atoms with Crippen molar-refractivity contribution in [2.24, 2.45) is 0 Å². The van der Waals surface area contributed by atoms with Crippen molar-refractivity contribution in [2.45, 2.75) is 6.92 Å². The van der Waals surface area contributed by atoms with Crippen molar-refractivity contribution in [3.8, 4) is 5.75 Å². The molecule has 1 saturated heterocycles. The van der Waals surface area contributed by atoms with E-state index in [1.807, 2.05) is 13.0 Å². The third kappa shape index (κ3) is 3.28. The maximum atomic E-state index is 12.7. The Morgan fingerprint density at radius 2 is 1.76 bits per heavy atom. The number of aryl methyl sites for hydroxylation is 1. The largest absolute Gasteiger partial charge is 0.497 e. The van der Waals surface area contributed by atoms with Crippen molar-refractivity contribution in [3.05, 3.63) is 65.2 Å². The zero-order valence-electron chi connectivity index (χ0n) is 13.8. The Bertz CT molecular complexity index is 885. The number of benzene rings is 2. The fourth-order valence-corrected chi connectivity index (χ4v) is 2.53. The number of hydrogen-bond donors (Lipinski definition) is 1. The van der Waals surface area contributed by atoms with Crippen LogP contribution >= 0.6 is 0 Å². The van der Waals surface area contributed by atoms with Crippen molar-refractivity contribution in [1.82, 2.24) is 5.32 Å². The average Bonchev–Trinajstić information content (AvgIpc) is 2.59. The predicted octanol–water partition coefficient (Wildman–Crippen LogP) is 2.67. The lowest BCUT2D eigenvalue weighted by Gasteiger charge is -2.26. The highest BCUT2D eigenvalue weighted by atomic mass is 16.5. The summed E-state index contributed by atoms with van der Waals surface area (Å²) in [5.41, 5.74) is 1.86. The molecule has 6 nitrogen and oxygen atoms in total. The summed E-state index contributed by atoms with van der Waals surface area (Å²) in [5, 5.41) is 2.20. The molecule has 0 aromatic heterocycles. The fraction of sp³-hybridized carbons (Fsp3) is 0.105. The lowest BCUT2D eigenvalue weighted by atomic mass is 10.1. The van der Waals surface area contributed by atoms with Crippen LogP contribution in [0.3, 0.4) is 0 Å². The number of urea groups is 1. The molecule has 25 heavy (non-hydrogen) atoms. The second-order valence-electron chi connectivity index (χ2n) is 5.57. The second-order valence-corrected chi connectivity index (χ2v) is 5.57. The minimum absolute atomic E-state index is 0.105. The van der Waals surface area contributed by atoms with Crippen LogP contribution < -0.4 is 15.0 Å². The van der Waals surface area contributed by atoms with E-state index in [4.69, 9.17) is 4.74 Å². The smallest absolute Gasteiger partial charge is 0.335 e. The molecule has 1 aliphatic heterocycles. The van der Waals surface area contributed by atoms with Crippen LogP contribution in [-0.4, -0.2) is 25.0 Å². The van der Waals surface area contributed by atoms with Gasteiger partial charge in [0.25, 0.3) is 11.8 Å². The van der Waals surface area contributed by atoms with Gasteiger partial charge in [0.15, 0.2) is 0 Å². The molecule has 0 bridgehead atoms. The maximum absolute atomic E-state index is 12.7. The molecule has 0 atom stereocenters. The minimum atomic E-state index is -0.757. The molecule has 126 valence electrons. The molecule has 0 saturated carbocycles. The number of ether oxygens (including phenoxy) is 1. The highest BCUT2D eigenvalue weighted by molar-refractivity contribution is 6.39. The van der Waals surface area contributed by atoms with E-state index in [1.165, 1.54) is 6.08 Å². The highest BCUT2D eigenvalue weighted by Gasteiger charge is 2.36. The van der Waals surface area contributed by atoms with E-state index in [0.29, 0.717) is 17.0 Å². The molecule has 0 aliphatic carbocycles. The first-order valence-corrected chi connectivity index (χ1v) is 7.62. The lowest BCUT2D eigenvalue weighted by molar-refractivity contribution is -0.122. The van der Waals surface area contributed by atoms with Gasteiger partial charge in [0.1, 0.15) is 11.3 Å². The average molecular weight is 336 g/mol. The van der Waals surface area contributed by atoms with E-state index < -0.39 is 17.8 Å². The standard InChI is InChI=1S/C19H16N2O4/c1-12-4-3-5-14(10-12)21-18(23)16(17(22)20-19(21)24)11-13-6-8-15(25-2)9-7-13/h3-11H,1-2H3,(H,20,22,24)/b16-11+. The summed E-state index contributed by atoms with van der Waals surface area (Å²) in [4.78, 5) is 38.0. The monoisotopic (exact) mass is 336 g/mol. The first kappa shape index (κ1) is 16.4. The molecule has 0 spiro atoms. The van der Waals surface area contributed by atoms with E-state index in [1.54, 1.807) is 49.6 Å². The van der Waals surface area contributed by atoms with Gasteiger partial charge in [-0.25, -0.2) is 9.69 Å². The van der Waals surface area contributed by atoms with E-state index in [-0.39, 0.29) is 5.57 Å². The minimum Gasteiger partial charge on any atom is -0.497 e. The van der Waals surface area contributed by atoms with Gasteiger partial charge in [0.2, 0.25) is 0 Å². The van der Waals surface area contributed by atoms with Gasteiger partial charge in [-0.1, -0.05) is 24.3 Å². The fourth-order valence-electron chi connectivity index (χ4n) is 2.53. The van der Waals surface area contributed by atoms with Gasteiger partial charge in [-0.05, 0) is 48.4 Å². The number of nitrogens with zero attached hydrogens (tertiary/aromatic N) is 1. The Morgan fingerprint density at radius 3 is 2.40 bits per heavy atom. The molecule has 0 unspecified atom stereocenters. The van der Waals surface area contributed by atoms with Crippen molar-refractivity contribution >= 4 is 29.6 Å².